The first-order valence-electron chi connectivity index (χ1n) is 8.08. The van der Waals surface area contributed by atoms with Crippen molar-refractivity contribution in [2.24, 2.45) is 0 Å². The fourth-order valence-corrected chi connectivity index (χ4v) is 3.51. The van der Waals surface area contributed by atoms with Gasteiger partial charge in [0.15, 0.2) is 17.3 Å². The van der Waals surface area contributed by atoms with Gasteiger partial charge in [0, 0.05) is 6.92 Å². The lowest BCUT2D eigenvalue weighted by atomic mass is 9.66. The third kappa shape index (κ3) is 3.24. The van der Waals surface area contributed by atoms with E-state index in [2.05, 4.69) is 0 Å². The molecule has 0 radical (unpaired) electrons. The Morgan fingerprint density at radius 1 is 1.04 bits per heavy atom. The Morgan fingerprint density at radius 2 is 1.63 bits per heavy atom. The van der Waals surface area contributed by atoms with Crippen LogP contribution in [0.15, 0.2) is 0 Å². The van der Waals surface area contributed by atoms with Gasteiger partial charge in [-0.2, -0.15) is 0 Å². The molecule has 0 aromatic rings. The molecule has 13 heteroatoms. The SMILES string of the molecule is CC(=O)N[C@]1(O)O[C@H](CO)[C@](O)([C@@]2(O)CO[C@H](CO)[C@H](O)[C@@H]2O)[C@H](O)[C@H]1O. The molecule has 2 fully saturated rings. The van der Waals surface area contributed by atoms with E-state index in [1.165, 1.54) is 0 Å². The average molecular weight is 399 g/mol. The van der Waals surface area contributed by atoms with E-state index in [-0.39, 0.29) is 0 Å². The summed E-state index contributed by atoms with van der Waals surface area (Å²) in [5.41, 5.74) is -5.99. The van der Waals surface area contributed by atoms with Crippen LogP contribution in [0.25, 0.3) is 0 Å². The van der Waals surface area contributed by atoms with Crippen LogP contribution < -0.4 is 5.32 Å². The fraction of sp³-hybridized carbons (Fsp3) is 0.929. The first-order chi connectivity index (χ1) is 12.4. The molecule has 0 spiro atoms. The number of rotatable bonds is 4. The van der Waals surface area contributed by atoms with Gasteiger partial charge in [-0.1, -0.05) is 0 Å². The maximum Gasteiger partial charge on any atom is 0.279 e. The number of hydrogen-bond donors (Lipinski definition) is 10. The standard InChI is InChI=1S/C14H25NO12/c1-5(18)15-14(25)11(22)10(21)13(24,7(3-17)27-14)12(23)4-26-6(2-16)8(19)9(12)20/h6-11,16-17,19-25H,2-4H2,1H3,(H,15,18)/t6-,7-,8+,9+,10-,11-,12-,13-,14-/m1/s1. The van der Waals surface area contributed by atoms with Crippen LogP contribution in [0.3, 0.4) is 0 Å². The van der Waals surface area contributed by atoms with Gasteiger partial charge < -0.3 is 60.7 Å². The van der Waals surface area contributed by atoms with Crippen molar-refractivity contribution in [3.8, 4) is 0 Å². The third-order valence-electron chi connectivity index (χ3n) is 5.07. The molecule has 158 valence electrons. The number of amides is 1. The van der Waals surface area contributed by atoms with Gasteiger partial charge in [-0.05, 0) is 0 Å². The summed E-state index contributed by atoms with van der Waals surface area (Å²) in [7, 11) is 0. The Balaban J connectivity index is 2.46. The van der Waals surface area contributed by atoms with Crippen molar-refractivity contribution in [2.45, 2.75) is 60.7 Å². The minimum Gasteiger partial charge on any atom is -0.394 e. The maximum atomic E-state index is 11.2. The molecule has 1 amide bonds. The molecular weight excluding hydrogens is 374 g/mol. The van der Waals surface area contributed by atoms with Gasteiger partial charge in [0.05, 0.1) is 19.8 Å². The lowest BCUT2D eigenvalue weighted by molar-refractivity contribution is -0.421. The highest BCUT2D eigenvalue weighted by atomic mass is 16.7. The third-order valence-corrected chi connectivity index (χ3v) is 5.07. The molecule has 2 saturated heterocycles. The summed E-state index contributed by atoms with van der Waals surface area (Å²) in [6.07, 6.45) is -12.5. The molecule has 2 aliphatic rings. The summed E-state index contributed by atoms with van der Waals surface area (Å²) in [5, 5.41) is 93.4. The minimum absolute atomic E-state index is 0.736. The molecule has 0 saturated carbocycles. The van der Waals surface area contributed by atoms with E-state index < -0.39 is 79.5 Å². The highest BCUT2D eigenvalue weighted by Crippen LogP contribution is 2.44. The summed E-state index contributed by atoms with van der Waals surface area (Å²) in [5.74, 6) is -3.83. The molecule has 0 bridgehead atoms. The first-order valence-corrected chi connectivity index (χ1v) is 8.08. The van der Waals surface area contributed by atoms with Crippen molar-refractivity contribution in [1.29, 1.82) is 0 Å². The predicted octanol–water partition coefficient (Wildman–Crippen LogP) is -6.54. The lowest BCUT2D eigenvalue weighted by Gasteiger charge is -2.59. The van der Waals surface area contributed by atoms with Crippen molar-refractivity contribution in [3.63, 3.8) is 0 Å². The average Bonchev–Trinajstić information content (AvgIpc) is 2.60. The van der Waals surface area contributed by atoms with Crippen LogP contribution in [0.1, 0.15) is 6.92 Å². The van der Waals surface area contributed by atoms with Crippen molar-refractivity contribution < 1.29 is 60.2 Å². The molecule has 2 rings (SSSR count). The molecule has 27 heavy (non-hydrogen) atoms. The second-order valence-electron chi connectivity index (χ2n) is 6.77. The smallest absolute Gasteiger partial charge is 0.279 e. The summed E-state index contributed by atoms with van der Waals surface area (Å²) in [4.78, 5) is 11.2. The van der Waals surface area contributed by atoms with Gasteiger partial charge >= 0.3 is 0 Å². The molecule has 10 N–H and O–H groups in total. The van der Waals surface area contributed by atoms with E-state index in [1.807, 2.05) is 0 Å². The van der Waals surface area contributed by atoms with Crippen LogP contribution in [-0.4, -0.2) is 125 Å². The van der Waals surface area contributed by atoms with Crippen molar-refractivity contribution in [2.75, 3.05) is 19.8 Å². The van der Waals surface area contributed by atoms with Crippen LogP contribution >= 0.6 is 0 Å². The van der Waals surface area contributed by atoms with Crippen LogP contribution in [0, 0.1) is 0 Å². The van der Waals surface area contributed by atoms with E-state index >= 15 is 0 Å². The van der Waals surface area contributed by atoms with Gasteiger partial charge in [-0.15, -0.1) is 0 Å². The predicted molar refractivity (Wildman–Crippen MR) is 81.5 cm³/mol. The fourth-order valence-electron chi connectivity index (χ4n) is 3.51. The summed E-state index contributed by atoms with van der Waals surface area (Å²) >= 11 is 0. The van der Waals surface area contributed by atoms with Gasteiger partial charge in [-0.3, -0.25) is 4.79 Å². The monoisotopic (exact) mass is 399 g/mol. The van der Waals surface area contributed by atoms with E-state index in [4.69, 9.17) is 14.6 Å². The molecule has 9 atom stereocenters. The number of aliphatic hydroxyl groups excluding tert-OH is 6. The van der Waals surface area contributed by atoms with E-state index in [9.17, 15) is 45.6 Å². The maximum absolute atomic E-state index is 11.2. The summed E-state index contributed by atoms with van der Waals surface area (Å²) in [6.45, 7) is -1.89. The molecule has 0 aromatic carbocycles. The molecule has 2 heterocycles. The Morgan fingerprint density at radius 3 is 2.11 bits per heavy atom. The Hall–Kier alpha value is -0.970. The zero-order valence-electron chi connectivity index (χ0n) is 14.3. The van der Waals surface area contributed by atoms with Crippen LogP contribution in [0.2, 0.25) is 0 Å². The normalized spacial score (nSPS) is 51.0. The quantitative estimate of drug-likeness (QED) is 0.199. The van der Waals surface area contributed by atoms with E-state index in [0.717, 1.165) is 6.92 Å². The van der Waals surface area contributed by atoms with Gasteiger partial charge in [0.2, 0.25) is 5.91 Å². The number of aliphatic hydroxyl groups is 9. The number of carbonyl (C=O) groups excluding carboxylic acids is 1. The zero-order chi connectivity index (χ0) is 20.8. The molecule has 2 aliphatic heterocycles. The van der Waals surface area contributed by atoms with Gasteiger partial charge in [-0.25, -0.2) is 0 Å². The molecule has 0 aromatic heterocycles. The molecule has 0 aliphatic carbocycles. The lowest BCUT2D eigenvalue weighted by Crippen LogP contribution is -2.85. The Labute approximate surface area is 153 Å². The Bertz CT molecular complexity index is 560. The summed E-state index contributed by atoms with van der Waals surface area (Å²) in [6, 6.07) is 0. The van der Waals surface area contributed by atoms with Crippen LogP contribution in [0.4, 0.5) is 0 Å². The highest BCUT2D eigenvalue weighted by molar-refractivity contribution is 5.73. The number of nitrogens with one attached hydrogen (secondary N) is 1. The van der Waals surface area contributed by atoms with Crippen LogP contribution in [-0.2, 0) is 14.3 Å². The van der Waals surface area contributed by atoms with E-state index in [0.29, 0.717) is 0 Å². The van der Waals surface area contributed by atoms with Crippen molar-refractivity contribution in [3.05, 3.63) is 0 Å². The summed E-state index contributed by atoms with van der Waals surface area (Å²) < 4.78 is 9.95. The zero-order valence-corrected chi connectivity index (χ0v) is 14.3. The second-order valence-corrected chi connectivity index (χ2v) is 6.77. The topological polar surface area (TPSA) is 230 Å². The number of carbonyl (C=O) groups is 1. The van der Waals surface area contributed by atoms with Gasteiger partial charge in [0.1, 0.15) is 30.5 Å². The second kappa shape index (κ2) is 7.46. The van der Waals surface area contributed by atoms with E-state index in [1.54, 1.807) is 5.32 Å². The molecule has 0 unspecified atom stereocenters. The largest absolute Gasteiger partial charge is 0.394 e. The first kappa shape index (κ1) is 22.3. The molecular formula is C14H25NO12. The number of ether oxygens (including phenoxy) is 2. The van der Waals surface area contributed by atoms with Crippen molar-refractivity contribution >= 4 is 5.91 Å². The van der Waals surface area contributed by atoms with Gasteiger partial charge in [0.25, 0.3) is 5.91 Å². The Kier molecular flexibility index (Phi) is 6.16. The highest BCUT2D eigenvalue weighted by Gasteiger charge is 2.72. The molecule has 13 nitrogen and oxygen atoms in total. The van der Waals surface area contributed by atoms with Crippen LogP contribution in [0.5, 0.6) is 0 Å². The number of hydrogen-bond acceptors (Lipinski definition) is 12. The minimum atomic E-state index is -3.08. The van der Waals surface area contributed by atoms with Crippen molar-refractivity contribution in [1.82, 2.24) is 5.32 Å².